The van der Waals surface area contributed by atoms with E-state index in [1.165, 1.54) is 22.5 Å². The highest BCUT2D eigenvalue weighted by Crippen LogP contribution is 2.31. The van der Waals surface area contributed by atoms with Crippen LogP contribution in [0.1, 0.15) is 38.8 Å². The Morgan fingerprint density at radius 2 is 1.86 bits per heavy atom. The van der Waals surface area contributed by atoms with Gasteiger partial charge in [-0.2, -0.15) is 5.10 Å². The van der Waals surface area contributed by atoms with Crippen LogP contribution < -0.4 is 10.6 Å². The fraction of sp³-hybridized carbons (Fsp3) is 0.192. The number of hydrogen-bond acceptors (Lipinski definition) is 5. The molecule has 0 unspecified atom stereocenters. The first-order valence-electron chi connectivity index (χ1n) is 11.1. The molecule has 0 aliphatic heterocycles. The van der Waals surface area contributed by atoms with E-state index >= 15 is 0 Å². The molecule has 2 aromatic heterocycles. The van der Waals surface area contributed by atoms with Gasteiger partial charge >= 0.3 is 5.97 Å². The molecule has 4 aromatic rings. The Balaban J connectivity index is 1.47. The summed E-state index contributed by atoms with van der Waals surface area (Å²) in [7, 11) is 0. The van der Waals surface area contributed by atoms with Crippen molar-refractivity contribution in [2.45, 2.75) is 26.8 Å². The number of benzene rings is 2. The quantitative estimate of drug-likeness (QED) is 0.183. The second-order valence-electron chi connectivity index (χ2n) is 7.93. The summed E-state index contributed by atoms with van der Waals surface area (Å²) in [5.41, 5.74) is 4.01. The first-order valence-corrected chi connectivity index (χ1v) is 13.1. The van der Waals surface area contributed by atoms with Gasteiger partial charge in [0, 0.05) is 17.5 Å². The Hall–Kier alpha value is -3.01. The number of carbonyl (C=O) groups is 1. The van der Waals surface area contributed by atoms with Crippen molar-refractivity contribution in [1.29, 1.82) is 0 Å². The molecule has 2 heterocycles. The molecule has 0 bridgehead atoms. The van der Waals surface area contributed by atoms with E-state index in [0.29, 0.717) is 34.6 Å². The van der Waals surface area contributed by atoms with Crippen LogP contribution >= 0.6 is 39.5 Å². The zero-order valence-electron chi connectivity index (χ0n) is 19.4. The molecule has 0 spiro atoms. The lowest BCUT2D eigenvalue weighted by Crippen LogP contribution is -2.20. The molecule has 0 aliphatic rings. The van der Waals surface area contributed by atoms with Gasteiger partial charge in [-0.25, -0.2) is 4.79 Å². The third-order valence-electron chi connectivity index (χ3n) is 5.14. The number of carbonyl (C=O) groups excluding carboxylic acids is 1. The van der Waals surface area contributed by atoms with Crippen LogP contribution in [0.3, 0.4) is 0 Å². The van der Waals surface area contributed by atoms with Crippen molar-refractivity contribution in [3.05, 3.63) is 98.5 Å². The smallest absolute Gasteiger partial charge is 0.341 e. The Labute approximate surface area is 222 Å². The highest BCUT2D eigenvalue weighted by molar-refractivity contribution is 9.10. The number of thiophene rings is 1. The van der Waals surface area contributed by atoms with E-state index in [2.05, 4.69) is 75.0 Å². The van der Waals surface area contributed by atoms with Crippen LogP contribution in [0.15, 0.2) is 71.3 Å². The number of aromatic nitrogens is 2. The summed E-state index contributed by atoms with van der Waals surface area (Å²) in [6, 6.07) is 20.3. The minimum absolute atomic E-state index is 0.302. The van der Waals surface area contributed by atoms with Gasteiger partial charge in [-0.15, -0.1) is 11.3 Å². The van der Waals surface area contributed by atoms with E-state index in [1.807, 2.05) is 35.1 Å². The van der Waals surface area contributed by atoms with E-state index in [1.54, 1.807) is 6.92 Å². The number of hydrogen-bond donors (Lipinski definition) is 2. The zero-order chi connectivity index (χ0) is 24.8. The minimum Gasteiger partial charge on any atom is -0.462 e. The summed E-state index contributed by atoms with van der Waals surface area (Å²) < 4.78 is 7.89. The van der Waals surface area contributed by atoms with Crippen molar-refractivity contribution in [3.63, 3.8) is 0 Å². The molecule has 0 amide bonds. The van der Waals surface area contributed by atoms with Crippen molar-refractivity contribution < 1.29 is 9.53 Å². The molecule has 6 nitrogen and oxygen atoms in total. The Bertz CT molecular complexity index is 1320. The summed E-state index contributed by atoms with van der Waals surface area (Å²) in [6.07, 6.45) is 2.62. The molecule has 180 valence electrons. The molecule has 0 atom stereocenters. The van der Waals surface area contributed by atoms with E-state index in [-0.39, 0.29) is 5.97 Å². The zero-order valence-corrected chi connectivity index (χ0v) is 22.6. The predicted molar refractivity (Wildman–Crippen MR) is 150 cm³/mol. The first-order chi connectivity index (χ1) is 16.9. The molecule has 0 fully saturated rings. The van der Waals surface area contributed by atoms with Gasteiger partial charge in [0.05, 0.1) is 23.2 Å². The minimum atomic E-state index is -0.378. The van der Waals surface area contributed by atoms with E-state index < -0.39 is 0 Å². The molecule has 0 radical (unpaired) electrons. The van der Waals surface area contributed by atoms with Crippen molar-refractivity contribution >= 4 is 61.4 Å². The van der Waals surface area contributed by atoms with Gasteiger partial charge in [0.15, 0.2) is 10.9 Å². The highest BCUT2D eigenvalue weighted by Gasteiger charge is 2.19. The van der Waals surface area contributed by atoms with Crippen molar-refractivity contribution in [2.75, 3.05) is 17.2 Å². The number of ether oxygens (including phenoxy) is 1. The number of halogens is 1. The van der Waals surface area contributed by atoms with Crippen LogP contribution in [0.2, 0.25) is 0 Å². The maximum Gasteiger partial charge on any atom is 0.341 e. The highest BCUT2D eigenvalue weighted by atomic mass is 79.9. The van der Waals surface area contributed by atoms with Gasteiger partial charge in [-0.05, 0) is 59.2 Å². The normalized spacial score (nSPS) is 10.7. The van der Waals surface area contributed by atoms with Gasteiger partial charge in [-0.1, -0.05) is 60.2 Å². The summed E-state index contributed by atoms with van der Waals surface area (Å²) >= 11 is 10.6. The fourth-order valence-electron chi connectivity index (χ4n) is 3.46. The Kier molecular flexibility index (Phi) is 8.33. The summed E-state index contributed by atoms with van der Waals surface area (Å²) in [6.45, 7) is 4.80. The van der Waals surface area contributed by atoms with Crippen LogP contribution in [-0.2, 0) is 17.7 Å². The maximum absolute atomic E-state index is 12.6. The average molecular weight is 570 g/mol. The Morgan fingerprint density at radius 3 is 2.57 bits per heavy atom. The number of aryl methyl sites for hydroxylation is 1. The largest absolute Gasteiger partial charge is 0.462 e. The second kappa shape index (κ2) is 11.6. The van der Waals surface area contributed by atoms with Crippen LogP contribution in [0.5, 0.6) is 0 Å². The monoisotopic (exact) mass is 568 g/mol. The van der Waals surface area contributed by atoms with Gasteiger partial charge in [0.1, 0.15) is 5.00 Å². The molecule has 35 heavy (non-hydrogen) atoms. The van der Waals surface area contributed by atoms with Crippen molar-refractivity contribution in [3.8, 4) is 0 Å². The molecular formula is C26H25BrN4O2S2. The van der Waals surface area contributed by atoms with Crippen LogP contribution in [0.25, 0.3) is 0 Å². The van der Waals surface area contributed by atoms with Gasteiger partial charge in [0.25, 0.3) is 0 Å². The lowest BCUT2D eigenvalue weighted by atomic mass is 10.1. The molecule has 0 aliphatic carbocycles. The second-order valence-corrected chi connectivity index (χ2v) is 10.3. The topological polar surface area (TPSA) is 68.2 Å². The number of rotatable bonds is 8. The summed E-state index contributed by atoms with van der Waals surface area (Å²) in [4.78, 5) is 13.6. The molecule has 2 aromatic carbocycles. The number of anilines is 2. The van der Waals surface area contributed by atoms with Gasteiger partial charge in [0.2, 0.25) is 0 Å². The molecule has 0 saturated carbocycles. The number of nitrogens with zero attached hydrogens (tertiary/aromatic N) is 2. The van der Waals surface area contributed by atoms with Gasteiger partial charge in [-0.3, -0.25) is 4.68 Å². The van der Waals surface area contributed by atoms with E-state index in [4.69, 9.17) is 17.0 Å². The fourth-order valence-corrected chi connectivity index (χ4v) is 5.23. The van der Waals surface area contributed by atoms with E-state index in [9.17, 15) is 4.79 Å². The number of thiocarbonyl (C=S) groups is 1. The molecule has 4 rings (SSSR count). The summed E-state index contributed by atoms with van der Waals surface area (Å²) in [5.74, 6) is 0.213. The third-order valence-corrected chi connectivity index (χ3v) is 6.98. The number of esters is 1. The standard InChI is InChI=1S/C26H25BrN4O2S2/c1-3-33-25(32)21-14-20(13-18-7-5-4-6-8-18)35-24(21)29-26(34)28-23-22(27)16-31(30-23)15-19-11-9-17(2)10-12-19/h4-12,14,16H,3,13,15H2,1-2H3,(H2,28,29,30,34). The summed E-state index contributed by atoms with van der Waals surface area (Å²) in [5, 5.41) is 11.9. The maximum atomic E-state index is 12.6. The average Bonchev–Trinajstić information content (AvgIpc) is 3.38. The molecular weight excluding hydrogens is 544 g/mol. The van der Waals surface area contributed by atoms with Crippen LogP contribution in [-0.4, -0.2) is 27.5 Å². The van der Waals surface area contributed by atoms with Crippen LogP contribution in [0.4, 0.5) is 10.8 Å². The van der Waals surface area contributed by atoms with Crippen LogP contribution in [0, 0.1) is 6.92 Å². The first kappa shape index (κ1) is 25.1. The van der Waals surface area contributed by atoms with Crippen molar-refractivity contribution in [2.24, 2.45) is 0 Å². The van der Waals surface area contributed by atoms with Gasteiger partial charge < -0.3 is 15.4 Å². The molecule has 9 heteroatoms. The molecule has 0 saturated heterocycles. The predicted octanol–water partition coefficient (Wildman–Crippen LogP) is 6.64. The Morgan fingerprint density at radius 1 is 1.11 bits per heavy atom. The van der Waals surface area contributed by atoms with E-state index in [0.717, 1.165) is 21.3 Å². The van der Waals surface area contributed by atoms with Crippen molar-refractivity contribution in [1.82, 2.24) is 9.78 Å². The number of nitrogens with one attached hydrogen (secondary N) is 2. The third kappa shape index (κ3) is 6.78. The lowest BCUT2D eigenvalue weighted by Gasteiger charge is -2.09. The lowest BCUT2D eigenvalue weighted by molar-refractivity contribution is 0.0528. The molecule has 2 N–H and O–H groups in total. The SMILES string of the molecule is CCOC(=O)c1cc(Cc2ccccc2)sc1NC(=S)Nc1nn(Cc2ccc(C)cc2)cc1Br.